The predicted octanol–water partition coefficient (Wildman–Crippen LogP) is 4.94. The molecule has 1 aromatic carbocycles. The third-order valence-electron chi connectivity index (χ3n) is 5.38. The number of fused-ring (bicyclic) bond motifs is 1. The number of rotatable bonds is 3. The average molecular weight is 425 g/mol. The van der Waals surface area contributed by atoms with Crippen LogP contribution in [0.4, 0.5) is 18.2 Å². The highest BCUT2D eigenvalue weighted by molar-refractivity contribution is 7.16. The van der Waals surface area contributed by atoms with Gasteiger partial charge in [0, 0.05) is 24.6 Å². The summed E-state index contributed by atoms with van der Waals surface area (Å²) in [5.74, 6) is -0.907. The van der Waals surface area contributed by atoms with Crippen LogP contribution in [0.5, 0.6) is 0 Å². The Labute approximate surface area is 171 Å². The number of hydrogen-bond donors (Lipinski definition) is 0. The van der Waals surface area contributed by atoms with E-state index in [0.29, 0.717) is 18.0 Å². The maximum absolute atomic E-state index is 13.4. The van der Waals surface area contributed by atoms with Crippen molar-refractivity contribution in [2.24, 2.45) is 0 Å². The molecule has 2 aliphatic rings. The van der Waals surface area contributed by atoms with Crippen molar-refractivity contribution in [2.75, 3.05) is 11.5 Å². The van der Waals surface area contributed by atoms with Gasteiger partial charge in [0.05, 0.1) is 29.8 Å². The van der Waals surface area contributed by atoms with Crippen molar-refractivity contribution in [1.82, 2.24) is 0 Å². The highest BCUT2D eigenvalue weighted by Gasteiger charge is 2.43. The number of aryl methyl sites for hydroxylation is 1. The molecule has 1 saturated heterocycles. The van der Waals surface area contributed by atoms with Gasteiger partial charge in [-0.1, -0.05) is 18.2 Å². The fourth-order valence-corrected chi connectivity index (χ4v) is 5.32. The predicted molar refractivity (Wildman–Crippen MR) is 104 cm³/mol. The lowest BCUT2D eigenvalue weighted by Gasteiger charge is -2.31. The first-order valence-corrected chi connectivity index (χ1v) is 10.3. The van der Waals surface area contributed by atoms with Crippen molar-refractivity contribution in [1.29, 1.82) is 0 Å². The van der Waals surface area contributed by atoms with E-state index in [1.807, 2.05) is 13.0 Å². The van der Waals surface area contributed by atoms with Crippen molar-refractivity contribution in [3.8, 4) is 0 Å². The molecule has 2 unspecified atom stereocenters. The van der Waals surface area contributed by atoms with E-state index in [1.54, 1.807) is 6.07 Å². The Kier molecular flexibility index (Phi) is 5.21. The molecule has 1 aliphatic heterocycles. The zero-order valence-corrected chi connectivity index (χ0v) is 17.0. The molecule has 0 radical (unpaired) electrons. The van der Waals surface area contributed by atoms with Crippen LogP contribution in [0.2, 0.25) is 0 Å². The number of hydrogen-bond acceptors (Lipinski definition) is 4. The van der Waals surface area contributed by atoms with Crippen LogP contribution in [-0.2, 0) is 39.8 Å². The molecule has 156 valence electrons. The second-order valence-corrected chi connectivity index (χ2v) is 8.74. The molecule has 2 heterocycles. The number of halogens is 3. The summed E-state index contributed by atoms with van der Waals surface area (Å²) in [6.45, 7) is 3.78. The van der Waals surface area contributed by atoms with Gasteiger partial charge in [0.15, 0.2) is 5.79 Å². The van der Waals surface area contributed by atoms with Gasteiger partial charge in [0.1, 0.15) is 0 Å². The molecular formula is C21H22F3NO3S. The number of thiophene rings is 1. The molecule has 0 bridgehead atoms. The Hall–Kier alpha value is -1.90. The van der Waals surface area contributed by atoms with E-state index in [0.717, 1.165) is 29.3 Å². The molecule has 1 spiro atoms. The summed E-state index contributed by atoms with van der Waals surface area (Å²) in [6, 6.07) is 7.30. The van der Waals surface area contributed by atoms with Gasteiger partial charge in [-0.3, -0.25) is 9.69 Å². The summed E-state index contributed by atoms with van der Waals surface area (Å²) in [4.78, 5) is 14.8. The minimum Gasteiger partial charge on any atom is -0.347 e. The third kappa shape index (κ3) is 4.06. The maximum atomic E-state index is 13.4. The van der Waals surface area contributed by atoms with E-state index >= 15 is 0 Å². The van der Waals surface area contributed by atoms with E-state index in [1.165, 1.54) is 35.3 Å². The molecule has 8 heteroatoms. The van der Waals surface area contributed by atoms with E-state index in [2.05, 4.69) is 0 Å². The zero-order valence-electron chi connectivity index (χ0n) is 16.2. The summed E-state index contributed by atoms with van der Waals surface area (Å²) in [6.07, 6.45) is -2.33. The summed E-state index contributed by atoms with van der Waals surface area (Å²) < 4.78 is 52.0. The van der Waals surface area contributed by atoms with E-state index < -0.39 is 17.5 Å². The zero-order chi connectivity index (χ0) is 20.8. The first-order valence-electron chi connectivity index (χ1n) is 9.53. The maximum Gasteiger partial charge on any atom is 0.416 e. The number of nitrogens with zero attached hydrogens (tertiary/aromatic N) is 1. The average Bonchev–Trinajstić information content (AvgIpc) is 3.22. The smallest absolute Gasteiger partial charge is 0.347 e. The number of amides is 1. The number of carbonyl (C=O) groups is 1. The summed E-state index contributed by atoms with van der Waals surface area (Å²) in [5, 5.41) is 0.655. The van der Waals surface area contributed by atoms with Crippen molar-refractivity contribution < 1.29 is 27.4 Å². The second-order valence-electron chi connectivity index (χ2n) is 7.62. The number of anilines is 1. The molecule has 29 heavy (non-hydrogen) atoms. The normalized spacial score (nSPS) is 24.0. The van der Waals surface area contributed by atoms with Crippen LogP contribution in [0.25, 0.3) is 0 Å². The van der Waals surface area contributed by atoms with E-state index in [-0.39, 0.29) is 24.1 Å². The molecule has 0 N–H and O–H groups in total. The number of benzene rings is 1. The summed E-state index contributed by atoms with van der Waals surface area (Å²) in [5.41, 5.74) is 0.473. The van der Waals surface area contributed by atoms with Crippen LogP contribution >= 0.6 is 11.3 Å². The molecule has 1 fully saturated rings. The molecule has 1 amide bonds. The van der Waals surface area contributed by atoms with Gasteiger partial charge in [-0.15, -0.1) is 11.3 Å². The van der Waals surface area contributed by atoms with E-state index in [9.17, 15) is 18.0 Å². The molecule has 0 saturated carbocycles. The molecule has 2 atom stereocenters. The molecule has 2 aromatic rings. The quantitative estimate of drug-likeness (QED) is 0.699. The van der Waals surface area contributed by atoms with Crippen LogP contribution < -0.4 is 4.90 Å². The van der Waals surface area contributed by atoms with E-state index in [4.69, 9.17) is 9.47 Å². The SMILES string of the molecule is CC(=O)N(Cc1ccccc1C(F)(F)F)c1cc2c(s1)CC1(CC2)OCC(C)O1. The molecular weight excluding hydrogens is 403 g/mol. The Morgan fingerprint density at radius 3 is 2.76 bits per heavy atom. The Morgan fingerprint density at radius 1 is 1.34 bits per heavy atom. The molecule has 4 rings (SSSR count). The lowest BCUT2D eigenvalue weighted by atomic mass is 9.93. The molecule has 1 aliphatic carbocycles. The van der Waals surface area contributed by atoms with Gasteiger partial charge >= 0.3 is 6.18 Å². The minimum atomic E-state index is -4.46. The first-order chi connectivity index (χ1) is 13.7. The number of alkyl halides is 3. The van der Waals surface area contributed by atoms with Crippen molar-refractivity contribution in [3.63, 3.8) is 0 Å². The van der Waals surface area contributed by atoms with Gasteiger partial charge < -0.3 is 9.47 Å². The fourth-order valence-electron chi connectivity index (χ4n) is 3.98. The van der Waals surface area contributed by atoms with Gasteiger partial charge in [0.2, 0.25) is 5.91 Å². The van der Waals surface area contributed by atoms with Crippen LogP contribution in [0.15, 0.2) is 30.3 Å². The highest BCUT2D eigenvalue weighted by atomic mass is 32.1. The lowest BCUT2D eigenvalue weighted by molar-refractivity contribution is -0.172. The van der Waals surface area contributed by atoms with Gasteiger partial charge in [-0.25, -0.2) is 0 Å². The number of carbonyl (C=O) groups excluding carboxylic acids is 1. The van der Waals surface area contributed by atoms with Crippen LogP contribution in [0.1, 0.15) is 41.8 Å². The highest BCUT2D eigenvalue weighted by Crippen LogP contribution is 2.43. The fraction of sp³-hybridized carbons (Fsp3) is 0.476. The number of ether oxygens (including phenoxy) is 2. The van der Waals surface area contributed by atoms with Crippen LogP contribution in [0.3, 0.4) is 0 Å². The van der Waals surface area contributed by atoms with Crippen LogP contribution in [0, 0.1) is 0 Å². The standard InChI is InChI=1S/C21H22F3NO3S/c1-13-12-27-20(28-13)8-7-15-9-19(29-18(15)10-20)25(14(2)26)11-16-5-3-4-6-17(16)21(22,23)24/h3-6,9,13H,7-8,10-12H2,1-2H3. The Morgan fingerprint density at radius 2 is 2.10 bits per heavy atom. The second kappa shape index (κ2) is 7.41. The summed E-state index contributed by atoms with van der Waals surface area (Å²) >= 11 is 1.43. The third-order valence-corrected chi connectivity index (χ3v) is 6.58. The van der Waals surface area contributed by atoms with Crippen molar-refractivity contribution >= 4 is 22.2 Å². The van der Waals surface area contributed by atoms with Crippen molar-refractivity contribution in [3.05, 3.63) is 51.9 Å². The Bertz CT molecular complexity index is 926. The van der Waals surface area contributed by atoms with Gasteiger partial charge in [0.25, 0.3) is 0 Å². The molecule has 1 aromatic heterocycles. The Balaban J connectivity index is 1.61. The monoisotopic (exact) mass is 425 g/mol. The van der Waals surface area contributed by atoms with Crippen molar-refractivity contribution in [2.45, 2.75) is 57.7 Å². The van der Waals surface area contributed by atoms with Crippen LogP contribution in [-0.4, -0.2) is 24.4 Å². The lowest BCUT2D eigenvalue weighted by Crippen LogP contribution is -2.36. The first kappa shape index (κ1) is 20.4. The summed E-state index contributed by atoms with van der Waals surface area (Å²) in [7, 11) is 0. The topological polar surface area (TPSA) is 38.8 Å². The minimum absolute atomic E-state index is 0.0450. The van der Waals surface area contributed by atoms with Gasteiger partial charge in [-0.2, -0.15) is 13.2 Å². The van der Waals surface area contributed by atoms with Gasteiger partial charge in [-0.05, 0) is 36.6 Å². The largest absolute Gasteiger partial charge is 0.416 e. The molecule has 4 nitrogen and oxygen atoms in total.